The smallest absolute Gasteiger partial charge is 0.339 e. The quantitative estimate of drug-likeness (QED) is 0.784. The third kappa shape index (κ3) is 1.29. The van der Waals surface area contributed by atoms with Gasteiger partial charge < -0.3 is 14.6 Å². The van der Waals surface area contributed by atoms with Crippen LogP contribution in [0, 0.1) is 0 Å². The number of phenols is 1. The molecular formula is C14H12O4. The van der Waals surface area contributed by atoms with Gasteiger partial charge in [-0.25, -0.2) is 4.79 Å². The van der Waals surface area contributed by atoms with Crippen LogP contribution in [-0.4, -0.2) is 18.2 Å². The van der Waals surface area contributed by atoms with Crippen molar-refractivity contribution in [1.82, 2.24) is 0 Å². The van der Waals surface area contributed by atoms with Crippen LogP contribution in [0.25, 0.3) is 10.8 Å². The molecule has 92 valence electrons. The zero-order valence-corrected chi connectivity index (χ0v) is 10.1. The molecule has 0 spiro atoms. The molecule has 0 radical (unpaired) electrons. The fourth-order valence-corrected chi connectivity index (χ4v) is 2.45. The molecule has 1 N–H and O–H groups in total. The molecule has 0 bridgehead atoms. The second-order valence-corrected chi connectivity index (χ2v) is 4.29. The van der Waals surface area contributed by atoms with Gasteiger partial charge in [0.1, 0.15) is 17.6 Å². The van der Waals surface area contributed by atoms with Gasteiger partial charge in [0.15, 0.2) is 0 Å². The third-order valence-electron chi connectivity index (χ3n) is 3.27. The van der Waals surface area contributed by atoms with Crippen molar-refractivity contribution in [2.75, 3.05) is 7.11 Å². The second kappa shape index (κ2) is 3.63. The van der Waals surface area contributed by atoms with Gasteiger partial charge in [-0.3, -0.25) is 0 Å². The van der Waals surface area contributed by atoms with Crippen molar-refractivity contribution >= 4 is 16.7 Å². The van der Waals surface area contributed by atoms with Crippen LogP contribution >= 0.6 is 0 Å². The van der Waals surface area contributed by atoms with Crippen LogP contribution in [0.3, 0.4) is 0 Å². The topological polar surface area (TPSA) is 55.8 Å². The van der Waals surface area contributed by atoms with E-state index in [0.29, 0.717) is 22.3 Å². The Morgan fingerprint density at radius 1 is 1.39 bits per heavy atom. The molecule has 2 aromatic carbocycles. The first-order valence-electron chi connectivity index (χ1n) is 5.67. The number of phenolic OH excluding ortho intramolecular Hbond substituents is 1. The van der Waals surface area contributed by atoms with E-state index < -0.39 is 12.1 Å². The summed E-state index contributed by atoms with van der Waals surface area (Å²) >= 11 is 0. The molecule has 1 aliphatic rings. The minimum absolute atomic E-state index is 0.0679. The van der Waals surface area contributed by atoms with E-state index in [4.69, 9.17) is 9.47 Å². The zero-order chi connectivity index (χ0) is 12.9. The highest BCUT2D eigenvalue weighted by Crippen LogP contribution is 2.44. The summed E-state index contributed by atoms with van der Waals surface area (Å²) in [7, 11) is 1.55. The van der Waals surface area contributed by atoms with Gasteiger partial charge in [0.05, 0.1) is 18.1 Å². The monoisotopic (exact) mass is 244 g/mol. The largest absolute Gasteiger partial charge is 0.507 e. The first-order valence-corrected chi connectivity index (χ1v) is 5.67. The van der Waals surface area contributed by atoms with E-state index in [1.54, 1.807) is 26.2 Å². The van der Waals surface area contributed by atoms with E-state index in [2.05, 4.69) is 0 Å². The van der Waals surface area contributed by atoms with Crippen LogP contribution in [0.1, 0.15) is 28.9 Å². The maximum Gasteiger partial charge on any atom is 0.339 e. The molecule has 1 atom stereocenters. The molecule has 0 amide bonds. The lowest BCUT2D eigenvalue weighted by atomic mass is 9.97. The number of ether oxygens (including phenoxy) is 2. The minimum Gasteiger partial charge on any atom is -0.507 e. The molecular weight excluding hydrogens is 232 g/mol. The SMILES string of the molecule is COc1cccc2cc3c(c(O)c12)C(C)OC3=O. The molecule has 1 aliphatic heterocycles. The zero-order valence-electron chi connectivity index (χ0n) is 10.1. The molecule has 1 unspecified atom stereocenters. The lowest BCUT2D eigenvalue weighted by molar-refractivity contribution is 0.0420. The van der Waals surface area contributed by atoms with Crippen molar-refractivity contribution in [3.63, 3.8) is 0 Å². The first kappa shape index (κ1) is 10.9. The van der Waals surface area contributed by atoms with Gasteiger partial charge in [-0.15, -0.1) is 0 Å². The van der Waals surface area contributed by atoms with Crippen LogP contribution < -0.4 is 4.74 Å². The third-order valence-corrected chi connectivity index (χ3v) is 3.27. The van der Waals surface area contributed by atoms with Gasteiger partial charge in [-0.2, -0.15) is 0 Å². The van der Waals surface area contributed by atoms with Gasteiger partial charge in [0.2, 0.25) is 0 Å². The first-order chi connectivity index (χ1) is 8.63. The Kier molecular flexibility index (Phi) is 2.20. The lowest BCUT2D eigenvalue weighted by Gasteiger charge is -2.11. The number of carbonyl (C=O) groups is 1. The summed E-state index contributed by atoms with van der Waals surface area (Å²) in [6.07, 6.45) is -0.429. The molecule has 4 nitrogen and oxygen atoms in total. The number of hydrogen-bond acceptors (Lipinski definition) is 4. The average Bonchev–Trinajstić information content (AvgIpc) is 2.64. The molecule has 0 aromatic heterocycles. The molecule has 1 heterocycles. The maximum atomic E-state index is 11.7. The Labute approximate surface area is 104 Å². The van der Waals surface area contributed by atoms with Gasteiger partial charge >= 0.3 is 5.97 Å². The number of methoxy groups -OCH3 is 1. The summed E-state index contributed by atoms with van der Waals surface area (Å²) in [4.78, 5) is 11.7. The van der Waals surface area contributed by atoms with Crippen molar-refractivity contribution in [1.29, 1.82) is 0 Å². The molecule has 0 saturated heterocycles. The normalized spacial score (nSPS) is 17.7. The Balaban J connectivity index is 2.44. The summed E-state index contributed by atoms with van der Waals surface area (Å²) in [6, 6.07) is 7.15. The highest BCUT2D eigenvalue weighted by molar-refractivity contribution is 6.04. The number of esters is 1. The standard InChI is InChI=1S/C14H12O4/c1-7-11-9(14(16)18-7)6-8-4-3-5-10(17-2)12(8)13(11)15/h3-7,15H,1-2H3. The number of aromatic hydroxyl groups is 1. The highest BCUT2D eigenvalue weighted by atomic mass is 16.5. The molecule has 0 aliphatic carbocycles. The van der Waals surface area contributed by atoms with Crippen molar-refractivity contribution in [3.8, 4) is 11.5 Å². The van der Waals surface area contributed by atoms with Crippen LogP contribution in [0.4, 0.5) is 0 Å². The van der Waals surface area contributed by atoms with Crippen LogP contribution in [-0.2, 0) is 4.74 Å². The van der Waals surface area contributed by atoms with Crippen molar-refractivity contribution in [2.24, 2.45) is 0 Å². The van der Waals surface area contributed by atoms with Gasteiger partial charge in [0, 0.05) is 5.56 Å². The van der Waals surface area contributed by atoms with E-state index in [0.717, 1.165) is 5.39 Å². The van der Waals surface area contributed by atoms with Gasteiger partial charge in [-0.1, -0.05) is 12.1 Å². The molecule has 0 saturated carbocycles. The number of carbonyl (C=O) groups excluding carboxylic acids is 1. The minimum atomic E-state index is -0.429. The molecule has 4 heteroatoms. The van der Waals surface area contributed by atoms with Crippen LogP contribution in [0.5, 0.6) is 11.5 Å². The summed E-state index contributed by atoms with van der Waals surface area (Å²) < 4.78 is 10.4. The number of hydrogen-bond donors (Lipinski definition) is 1. The Bertz CT molecular complexity index is 660. The molecule has 18 heavy (non-hydrogen) atoms. The fourth-order valence-electron chi connectivity index (χ4n) is 2.45. The summed E-state index contributed by atoms with van der Waals surface area (Å²) in [5.74, 6) is 0.259. The van der Waals surface area contributed by atoms with E-state index >= 15 is 0 Å². The highest BCUT2D eigenvalue weighted by Gasteiger charge is 2.32. The Morgan fingerprint density at radius 2 is 2.17 bits per heavy atom. The van der Waals surface area contributed by atoms with Crippen molar-refractivity contribution in [2.45, 2.75) is 13.0 Å². The molecule has 3 rings (SSSR count). The Morgan fingerprint density at radius 3 is 2.89 bits per heavy atom. The number of rotatable bonds is 1. The van der Waals surface area contributed by atoms with Crippen LogP contribution in [0.2, 0.25) is 0 Å². The van der Waals surface area contributed by atoms with E-state index in [1.807, 2.05) is 12.1 Å². The number of benzene rings is 2. The second-order valence-electron chi connectivity index (χ2n) is 4.29. The maximum absolute atomic E-state index is 11.7. The van der Waals surface area contributed by atoms with Gasteiger partial charge in [0.25, 0.3) is 0 Å². The Hall–Kier alpha value is -2.23. The molecule has 2 aromatic rings. The summed E-state index contributed by atoms with van der Waals surface area (Å²) in [6.45, 7) is 1.74. The predicted molar refractivity (Wildman–Crippen MR) is 66.0 cm³/mol. The predicted octanol–water partition coefficient (Wildman–Crippen LogP) is 2.79. The van der Waals surface area contributed by atoms with E-state index in [9.17, 15) is 9.90 Å². The van der Waals surface area contributed by atoms with Crippen molar-refractivity contribution < 1.29 is 19.4 Å². The number of fused-ring (bicyclic) bond motifs is 2. The number of cyclic esters (lactones) is 1. The van der Waals surface area contributed by atoms with E-state index in [-0.39, 0.29) is 5.75 Å². The molecule has 0 fully saturated rings. The van der Waals surface area contributed by atoms with E-state index in [1.165, 1.54) is 0 Å². The summed E-state index contributed by atoms with van der Waals surface area (Å²) in [5, 5.41) is 11.7. The fraction of sp³-hybridized carbons (Fsp3) is 0.214. The lowest BCUT2D eigenvalue weighted by Crippen LogP contribution is -1.94. The average molecular weight is 244 g/mol. The summed E-state index contributed by atoms with van der Waals surface area (Å²) in [5.41, 5.74) is 0.970. The van der Waals surface area contributed by atoms with Crippen LogP contribution in [0.15, 0.2) is 24.3 Å². The van der Waals surface area contributed by atoms with Gasteiger partial charge in [-0.05, 0) is 24.4 Å². The van der Waals surface area contributed by atoms with Crippen molar-refractivity contribution in [3.05, 3.63) is 35.4 Å².